The van der Waals surface area contributed by atoms with E-state index in [9.17, 15) is 33.0 Å². The molecule has 0 aliphatic carbocycles. The average Bonchev–Trinajstić information content (AvgIpc) is 3.86. The molecule has 73 heavy (non-hydrogen) atoms. The minimum atomic E-state index is -4.74. The number of para-hydroxylation sites is 2. The first-order valence-electron chi connectivity index (χ1n) is 22.8. The number of rotatable bonds is 17. The van der Waals surface area contributed by atoms with Crippen molar-refractivity contribution in [2.45, 2.75) is 64.6 Å². The average molecular weight is 1110 g/mol. The van der Waals surface area contributed by atoms with E-state index in [4.69, 9.17) is 22.3 Å². The molecule has 4 heterocycles. The second kappa shape index (κ2) is 28.8. The number of nitrogens with zero attached hydrogens (tertiary/aromatic N) is 5. The number of unbranched alkanes of at least 4 members (excludes halogenated alkanes) is 3. The molecule has 4 aromatic rings. The molecule has 18 heteroatoms. The monoisotopic (exact) mass is 1110 g/mol. The molecule has 1 aromatic heterocycles. The number of isothiocyanates is 1. The maximum absolute atomic E-state index is 12.5. The minimum absolute atomic E-state index is 0. The van der Waals surface area contributed by atoms with E-state index >= 15 is 0 Å². The van der Waals surface area contributed by atoms with E-state index in [2.05, 4.69) is 63.9 Å². The Morgan fingerprint density at radius 1 is 0.945 bits per heavy atom. The van der Waals surface area contributed by atoms with Crippen LogP contribution in [0.25, 0.3) is 38.8 Å². The van der Waals surface area contributed by atoms with Gasteiger partial charge in [-0.25, -0.2) is 9.59 Å². The van der Waals surface area contributed by atoms with Gasteiger partial charge in [0.2, 0.25) is 0 Å². The molecule has 0 saturated heterocycles. The van der Waals surface area contributed by atoms with Crippen LogP contribution >= 0.6 is 24.0 Å². The zero-order valence-corrected chi connectivity index (χ0v) is 43.2. The van der Waals surface area contributed by atoms with E-state index in [0.717, 1.165) is 64.9 Å². The van der Waals surface area contributed by atoms with Gasteiger partial charge in [0.25, 0.3) is 0 Å². The van der Waals surface area contributed by atoms with Gasteiger partial charge in [-0.15, -0.1) is 24.0 Å². The number of alkyl halides is 3. The summed E-state index contributed by atoms with van der Waals surface area (Å²) in [7, 11) is 0. The third-order valence-electron chi connectivity index (χ3n) is 11.2. The summed E-state index contributed by atoms with van der Waals surface area (Å²) in [5.41, 5.74) is 21.8. The Kier molecular flexibility index (Phi) is 23.1. The maximum atomic E-state index is 12.5. The molecule has 0 bridgehead atoms. The molecule has 378 valence electrons. The summed E-state index contributed by atoms with van der Waals surface area (Å²) in [5.74, 6) is -1.35. The van der Waals surface area contributed by atoms with Crippen LogP contribution in [0.2, 0.25) is 0 Å². The van der Waals surface area contributed by atoms with Gasteiger partial charge < -0.3 is 42.6 Å². The smallest absolute Gasteiger partial charge is 0.753 e. The van der Waals surface area contributed by atoms with Gasteiger partial charge in [-0.2, -0.15) is 35.9 Å². The molecule has 1 unspecified atom stereocenters. The van der Waals surface area contributed by atoms with Crippen LogP contribution in [0.15, 0.2) is 179 Å². The number of carbonyl (C=O) groups is 2. The van der Waals surface area contributed by atoms with E-state index in [0.29, 0.717) is 18.3 Å². The molecule has 7 rings (SSSR count). The number of pyridine rings is 1. The number of nitrogens with one attached hydrogen (secondary N) is 3. The van der Waals surface area contributed by atoms with Crippen molar-refractivity contribution in [3.05, 3.63) is 229 Å². The number of halogens is 3. The van der Waals surface area contributed by atoms with E-state index in [1.807, 2.05) is 78.9 Å². The SMILES string of the molecule is C/C=C(\C=C(/[NH-])c1cc(C(=O)O)cc(C2C=C(c3ccc(N(c4ccccc4)c4ccccc4)cc3)C=C[N-]2)n1)C(=O)O.CCCCCCC1=C(C2=CC[N-]C(/C([NH-])=C/C(=N)C(F)(F)F)=C2)SCC1.[N-]=C=S.[Ru+4]. The fraction of sp³-hybridized carbons (Fsp3) is 0.218. The molecular formula is C55H52F3N8O4RuS2-. The molecule has 0 saturated carbocycles. The van der Waals surface area contributed by atoms with Gasteiger partial charge >= 0.3 is 37.6 Å². The molecule has 0 radical (unpaired) electrons. The molecular weight excluding hydrogens is 1060 g/mol. The quantitative estimate of drug-likeness (QED) is 0.0230. The van der Waals surface area contributed by atoms with Crippen molar-refractivity contribution in [2.24, 2.45) is 0 Å². The van der Waals surface area contributed by atoms with Crippen LogP contribution in [0.1, 0.15) is 85.7 Å². The number of carboxylic acid groups (broad SMARTS) is 2. The Morgan fingerprint density at radius 2 is 1.58 bits per heavy atom. The molecule has 1 atom stereocenters. The molecule has 12 nitrogen and oxygen atoms in total. The summed E-state index contributed by atoms with van der Waals surface area (Å²) in [6, 6.07) is 30.4. The molecule has 0 spiro atoms. The third kappa shape index (κ3) is 17.0. The molecule has 0 amide bonds. The van der Waals surface area contributed by atoms with Crippen molar-refractivity contribution >= 4 is 75.1 Å². The van der Waals surface area contributed by atoms with Crippen LogP contribution in [0.3, 0.4) is 0 Å². The number of thiocarbonyl (C=S) groups is 1. The number of anilines is 3. The van der Waals surface area contributed by atoms with Crippen molar-refractivity contribution < 1.29 is 52.5 Å². The summed E-state index contributed by atoms with van der Waals surface area (Å²) in [5, 5.41) is 43.2. The van der Waals surface area contributed by atoms with Gasteiger partial charge in [-0.3, -0.25) is 10.4 Å². The normalized spacial score (nSPS) is 15.5. The first-order valence-corrected chi connectivity index (χ1v) is 24.2. The van der Waals surface area contributed by atoms with Gasteiger partial charge in [0.1, 0.15) is 5.71 Å². The predicted octanol–water partition coefficient (Wildman–Crippen LogP) is 16.4. The number of aliphatic carboxylic acids is 1. The van der Waals surface area contributed by atoms with Gasteiger partial charge in [0.05, 0.1) is 11.1 Å². The topological polar surface area (TPSA) is 213 Å². The van der Waals surface area contributed by atoms with Gasteiger partial charge in [0.15, 0.2) is 0 Å². The van der Waals surface area contributed by atoms with Crippen molar-refractivity contribution in [2.75, 3.05) is 17.2 Å². The fourth-order valence-electron chi connectivity index (χ4n) is 7.60. The fourth-order valence-corrected chi connectivity index (χ4v) is 8.87. The van der Waals surface area contributed by atoms with Crippen molar-refractivity contribution in [3.63, 3.8) is 0 Å². The summed E-state index contributed by atoms with van der Waals surface area (Å²) in [4.78, 5) is 31.2. The van der Waals surface area contributed by atoms with Crippen LogP contribution in [-0.4, -0.2) is 56.5 Å². The molecule has 0 fully saturated rings. The number of aromatic carboxylic acids is 1. The molecule has 3 aliphatic heterocycles. The van der Waals surface area contributed by atoms with E-state index in [1.165, 1.54) is 53.1 Å². The number of hydrogen-bond acceptors (Lipinski definition) is 7. The standard InChI is InChI=1S/C35H28N4O4.C19H24F3N3S.CNS.Ru/c1-2-23(34(40)41)19-30(36)31-21-26(35(42)43)22-33(38-31)32-20-25(17-18-37-32)24-13-15-29(16-14-24)39(27-9-5-3-6-10-27)28-11-7-4-8-12-28;1-2-3-4-5-6-13-8-10-26-18(13)14-7-9-25-16(11-14)15(23)12-17(24)19(20,21)22;2-1-3;/h2-22,32,36H,1H3,(H,40,41)(H,42,43);7,11-12,23-24H,2-6,8-10H2,1H3;;/q2*-2;-1;+4/b23-2+,30-19-;15-12-,24-17?;;. The van der Waals surface area contributed by atoms with Gasteiger partial charge in [0, 0.05) is 39.1 Å². The predicted molar refractivity (Wildman–Crippen MR) is 289 cm³/mol. The Morgan fingerprint density at radius 3 is 2.15 bits per heavy atom. The Balaban J connectivity index is 0.000000330. The van der Waals surface area contributed by atoms with Crippen LogP contribution < -0.4 is 4.90 Å². The second-order valence-electron chi connectivity index (χ2n) is 16.1. The van der Waals surface area contributed by atoms with Crippen molar-refractivity contribution in [1.29, 1.82) is 5.41 Å². The number of allylic oxidation sites excluding steroid dienone is 7. The number of thioether (sulfide) groups is 1. The third-order valence-corrected chi connectivity index (χ3v) is 12.4. The number of aromatic nitrogens is 1. The minimum Gasteiger partial charge on any atom is -0.753 e. The Bertz CT molecular complexity index is 2830. The Labute approximate surface area is 446 Å². The largest absolute Gasteiger partial charge is 4.00 e. The number of hydrogen-bond donors (Lipinski definition) is 3. The van der Waals surface area contributed by atoms with Gasteiger partial charge in [-0.05, 0) is 97.5 Å². The first kappa shape index (κ1) is 58.5. The van der Waals surface area contributed by atoms with Gasteiger partial charge in [-0.1, -0.05) is 135 Å². The van der Waals surface area contributed by atoms with E-state index < -0.39 is 29.9 Å². The molecule has 5 N–H and O–H groups in total. The number of benzene rings is 3. The molecule has 3 aromatic carbocycles. The Hall–Kier alpha value is -7.10. The molecule has 3 aliphatic rings. The van der Waals surface area contributed by atoms with Crippen molar-refractivity contribution in [3.8, 4) is 0 Å². The second-order valence-corrected chi connectivity index (χ2v) is 17.4. The van der Waals surface area contributed by atoms with Crippen LogP contribution in [0, 0.1) is 5.41 Å². The van der Waals surface area contributed by atoms with Crippen LogP contribution in [0.4, 0.5) is 30.2 Å². The first-order chi connectivity index (χ1) is 34.6. The maximum Gasteiger partial charge on any atom is 4.00 e. The zero-order valence-electron chi connectivity index (χ0n) is 39.8. The van der Waals surface area contributed by atoms with E-state index in [-0.39, 0.29) is 53.4 Å². The van der Waals surface area contributed by atoms with E-state index in [1.54, 1.807) is 31.0 Å². The van der Waals surface area contributed by atoms with Crippen LogP contribution in [-0.2, 0) is 24.3 Å². The van der Waals surface area contributed by atoms with Crippen LogP contribution in [0.5, 0.6) is 0 Å². The summed E-state index contributed by atoms with van der Waals surface area (Å²) >= 11 is 5.47. The summed E-state index contributed by atoms with van der Waals surface area (Å²) in [6.07, 6.45) is 14.3. The summed E-state index contributed by atoms with van der Waals surface area (Å²) < 4.78 is 37.5. The summed E-state index contributed by atoms with van der Waals surface area (Å²) in [6.45, 7) is 4.08. The zero-order chi connectivity index (χ0) is 52.2. The number of carboxylic acids is 2. The van der Waals surface area contributed by atoms with Crippen molar-refractivity contribution in [1.82, 2.24) is 4.98 Å².